The molecule has 0 aliphatic rings. The van der Waals surface area contributed by atoms with Gasteiger partial charge in [0.25, 0.3) is 0 Å². The van der Waals surface area contributed by atoms with Crippen molar-refractivity contribution in [2.24, 2.45) is 0 Å². The summed E-state index contributed by atoms with van der Waals surface area (Å²) in [5, 5.41) is 10.4. The molecule has 15 heavy (non-hydrogen) atoms. The van der Waals surface area contributed by atoms with Crippen LogP contribution >= 0.6 is 0 Å². The highest BCUT2D eigenvalue weighted by atomic mass is 19.4. The summed E-state index contributed by atoms with van der Waals surface area (Å²) >= 11 is 0. The van der Waals surface area contributed by atoms with Crippen LogP contribution in [0.4, 0.5) is 23.2 Å². The molecule has 2 N–H and O–H groups in total. The molecule has 0 bridgehead atoms. The molecule has 0 aliphatic heterocycles. The molecule has 0 radical (unpaired) electrons. The molecule has 3 nitrogen and oxygen atoms in total. The van der Waals surface area contributed by atoms with Gasteiger partial charge in [0, 0.05) is 12.1 Å². The molecule has 0 fully saturated rings. The van der Waals surface area contributed by atoms with Crippen LogP contribution in [0.3, 0.4) is 0 Å². The van der Waals surface area contributed by atoms with E-state index in [1.807, 2.05) is 0 Å². The third-order valence-electron chi connectivity index (χ3n) is 1.49. The first-order valence-electron chi connectivity index (χ1n) is 3.86. The van der Waals surface area contributed by atoms with E-state index in [-0.39, 0.29) is 5.69 Å². The lowest BCUT2D eigenvalue weighted by atomic mass is 10.3. The zero-order chi connectivity index (χ0) is 11.5. The second-order valence-corrected chi connectivity index (χ2v) is 2.70. The molecule has 1 aromatic rings. The number of benzene rings is 1. The van der Waals surface area contributed by atoms with E-state index in [0.717, 1.165) is 18.2 Å². The number of ether oxygens (including phenoxy) is 1. The van der Waals surface area contributed by atoms with Gasteiger partial charge in [0.05, 0.1) is 0 Å². The van der Waals surface area contributed by atoms with Gasteiger partial charge in [-0.3, -0.25) is 0 Å². The molecule has 0 saturated carbocycles. The first-order chi connectivity index (χ1) is 6.92. The van der Waals surface area contributed by atoms with Crippen LogP contribution < -0.4 is 10.2 Å². The SMILES string of the molecule is [O-][NH2+]c1ccc(F)cc1OCC(F)(F)F. The standard InChI is InChI=1S/C8H7F4NO2/c9-5-1-2-6(13-14)7(3-5)15-4-8(10,11)12/h1-3H,4,13H2. The maximum absolute atomic E-state index is 12.6. The van der Waals surface area contributed by atoms with Gasteiger partial charge in [0.1, 0.15) is 5.82 Å². The Labute approximate surface area is 82.2 Å². The molecule has 7 heteroatoms. The maximum Gasteiger partial charge on any atom is 0.422 e. The number of alkyl halides is 3. The summed E-state index contributed by atoms with van der Waals surface area (Å²) in [6, 6.07) is 2.74. The van der Waals surface area contributed by atoms with Crippen molar-refractivity contribution < 1.29 is 27.8 Å². The van der Waals surface area contributed by atoms with Crippen LogP contribution in [0.15, 0.2) is 18.2 Å². The summed E-state index contributed by atoms with van der Waals surface area (Å²) in [5.41, 5.74) is 0.172. The second-order valence-electron chi connectivity index (χ2n) is 2.70. The molecule has 1 rings (SSSR count). The number of quaternary nitrogens is 1. The van der Waals surface area contributed by atoms with Crippen molar-refractivity contribution in [1.82, 2.24) is 0 Å². The number of rotatable bonds is 3. The zero-order valence-electron chi connectivity index (χ0n) is 7.34. The number of hydrogen-bond donors (Lipinski definition) is 1. The Morgan fingerprint density at radius 2 is 2.00 bits per heavy atom. The molecule has 84 valence electrons. The minimum atomic E-state index is -4.52. The van der Waals surface area contributed by atoms with Gasteiger partial charge in [0.2, 0.25) is 0 Å². The van der Waals surface area contributed by atoms with Gasteiger partial charge in [-0.2, -0.15) is 13.2 Å². The van der Waals surface area contributed by atoms with Crippen molar-refractivity contribution in [2.45, 2.75) is 6.18 Å². The van der Waals surface area contributed by atoms with Gasteiger partial charge < -0.3 is 15.4 Å². The van der Waals surface area contributed by atoms with Gasteiger partial charge in [-0.25, -0.2) is 4.39 Å². The molecule has 0 spiro atoms. The fraction of sp³-hybridized carbons (Fsp3) is 0.250. The number of nitrogens with two attached hydrogens (primary N) is 1. The van der Waals surface area contributed by atoms with E-state index < -0.39 is 24.3 Å². The molecule has 0 aromatic heterocycles. The summed E-state index contributed by atoms with van der Waals surface area (Å²) in [5.74, 6) is -1.18. The predicted molar refractivity (Wildman–Crippen MR) is 42.9 cm³/mol. The van der Waals surface area contributed by atoms with Gasteiger partial charge in [-0.15, -0.1) is 0 Å². The third kappa shape index (κ3) is 3.72. The summed E-state index contributed by atoms with van der Waals surface area (Å²) in [4.78, 5) is 0. The minimum Gasteiger partial charge on any atom is -0.630 e. The van der Waals surface area contributed by atoms with Crippen molar-refractivity contribution >= 4 is 5.69 Å². The normalized spacial score (nSPS) is 11.5. The first kappa shape index (κ1) is 11.7. The van der Waals surface area contributed by atoms with E-state index in [2.05, 4.69) is 4.74 Å². The van der Waals surface area contributed by atoms with E-state index in [1.165, 1.54) is 0 Å². The highest BCUT2D eigenvalue weighted by molar-refractivity contribution is 5.45. The Bertz CT molecular complexity index is 340. The summed E-state index contributed by atoms with van der Waals surface area (Å²) < 4.78 is 52.2. The van der Waals surface area contributed by atoms with Gasteiger partial charge in [-0.1, -0.05) is 0 Å². The molecular formula is C8H7F4NO2. The lowest BCUT2D eigenvalue weighted by molar-refractivity contribution is -0.497. The fourth-order valence-electron chi connectivity index (χ4n) is 0.890. The van der Waals surface area contributed by atoms with Gasteiger partial charge >= 0.3 is 6.18 Å². The largest absolute Gasteiger partial charge is 0.630 e. The van der Waals surface area contributed by atoms with E-state index >= 15 is 0 Å². The average molecular weight is 225 g/mol. The molecule has 0 unspecified atom stereocenters. The Morgan fingerprint density at radius 1 is 1.33 bits per heavy atom. The first-order valence-corrected chi connectivity index (χ1v) is 3.86. The van der Waals surface area contributed by atoms with Crippen molar-refractivity contribution in [3.63, 3.8) is 0 Å². The predicted octanol–water partition coefficient (Wildman–Crippen LogP) is 1.46. The molecule has 0 amide bonds. The van der Waals surface area contributed by atoms with Crippen LogP contribution in [0, 0.1) is 11.0 Å². The fourth-order valence-corrected chi connectivity index (χ4v) is 0.890. The summed E-state index contributed by atoms with van der Waals surface area (Å²) in [6.07, 6.45) is -4.52. The molecule has 0 atom stereocenters. The quantitative estimate of drug-likeness (QED) is 0.481. The summed E-state index contributed by atoms with van der Waals surface area (Å²) in [7, 11) is 0. The van der Waals surface area contributed by atoms with Crippen molar-refractivity contribution in [2.75, 3.05) is 6.61 Å². The van der Waals surface area contributed by atoms with Crippen molar-refractivity contribution in [1.29, 1.82) is 0 Å². The average Bonchev–Trinajstić information content (AvgIpc) is 2.14. The second kappa shape index (κ2) is 4.45. The molecule has 0 aliphatic carbocycles. The highest BCUT2D eigenvalue weighted by Crippen LogP contribution is 2.24. The van der Waals surface area contributed by atoms with Crippen LogP contribution in [0.5, 0.6) is 5.75 Å². The van der Waals surface area contributed by atoms with Crippen LogP contribution in [0.2, 0.25) is 0 Å². The van der Waals surface area contributed by atoms with E-state index in [0.29, 0.717) is 5.48 Å². The van der Waals surface area contributed by atoms with Crippen molar-refractivity contribution in [3.05, 3.63) is 29.2 Å². The Hall–Kier alpha value is -1.34. The van der Waals surface area contributed by atoms with E-state index in [9.17, 15) is 22.8 Å². The number of halogens is 4. The monoisotopic (exact) mass is 225 g/mol. The molecular weight excluding hydrogens is 218 g/mol. The number of hydrogen-bond acceptors (Lipinski definition) is 2. The van der Waals surface area contributed by atoms with E-state index in [1.54, 1.807) is 0 Å². The molecule has 0 saturated heterocycles. The smallest absolute Gasteiger partial charge is 0.422 e. The van der Waals surface area contributed by atoms with Crippen LogP contribution in [-0.4, -0.2) is 12.8 Å². The Morgan fingerprint density at radius 3 is 2.53 bits per heavy atom. The lowest BCUT2D eigenvalue weighted by Gasteiger charge is -2.12. The molecule has 1 aromatic carbocycles. The Kier molecular flexibility index (Phi) is 3.48. The Balaban J connectivity index is 2.79. The third-order valence-corrected chi connectivity index (χ3v) is 1.49. The van der Waals surface area contributed by atoms with Crippen LogP contribution in [-0.2, 0) is 0 Å². The zero-order valence-corrected chi connectivity index (χ0v) is 7.34. The lowest BCUT2D eigenvalue weighted by Crippen LogP contribution is -2.70. The van der Waals surface area contributed by atoms with Gasteiger partial charge in [-0.05, 0) is 6.07 Å². The highest BCUT2D eigenvalue weighted by Gasteiger charge is 2.29. The minimum absolute atomic E-state index is 0.124. The van der Waals surface area contributed by atoms with Crippen molar-refractivity contribution in [3.8, 4) is 5.75 Å². The van der Waals surface area contributed by atoms with E-state index in [4.69, 9.17) is 0 Å². The van der Waals surface area contributed by atoms with Gasteiger partial charge in [0.15, 0.2) is 18.0 Å². The maximum atomic E-state index is 12.6. The van der Waals surface area contributed by atoms with Crippen LogP contribution in [0.1, 0.15) is 0 Å². The van der Waals surface area contributed by atoms with Crippen LogP contribution in [0.25, 0.3) is 0 Å². The molecule has 0 heterocycles. The topological polar surface area (TPSA) is 48.9 Å². The summed E-state index contributed by atoms with van der Waals surface area (Å²) in [6.45, 7) is -1.56.